The van der Waals surface area contributed by atoms with Crippen molar-refractivity contribution in [1.82, 2.24) is 4.72 Å². The molecule has 1 N–H and O–H groups in total. The number of furan rings is 1. The van der Waals surface area contributed by atoms with Crippen LogP contribution in [0.25, 0.3) is 0 Å². The van der Waals surface area contributed by atoms with Crippen LogP contribution in [0.2, 0.25) is 0 Å². The van der Waals surface area contributed by atoms with Crippen LogP contribution in [0.3, 0.4) is 0 Å². The fourth-order valence-electron chi connectivity index (χ4n) is 1.80. The molecule has 0 aromatic carbocycles. The summed E-state index contributed by atoms with van der Waals surface area (Å²) < 4.78 is 31.6. The fraction of sp³-hybridized carbons (Fsp3) is 0.308. The number of aldehydes is 1. The number of thiophene rings is 1. The Morgan fingerprint density at radius 2 is 2.10 bits per heavy atom. The van der Waals surface area contributed by atoms with Crippen LogP contribution in [-0.2, 0) is 16.4 Å². The average Bonchev–Trinajstić information content (AvgIpc) is 2.97. The molecule has 2 aromatic rings. The lowest BCUT2D eigenvalue weighted by molar-refractivity contribution is 0.109. The number of rotatable bonds is 6. The van der Waals surface area contributed by atoms with E-state index in [1.807, 2.05) is 19.1 Å². The van der Waals surface area contributed by atoms with Crippen LogP contribution in [0, 0.1) is 6.92 Å². The molecular formula is C13H15NO4S2. The lowest BCUT2D eigenvalue weighted by Gasteiger charge is -2.11. The number of hydrogen-bond acceptors (Lipinski definition) is 5. The third kappa shape index (κ3) is 3.56. The van der Waals surface area contributed by atoms with Crippen molar-refractivity contribution in [3.05, 3.63) is 39.8 Å². The molecule has 1 atom stereocenters. The molecule has 0 spiro atoms. The van der Waals surface area contributed by atoms with E-state index in [4.69, 9.17) is 4.42 Å². The van der Waals surface area contributed by atoms with Gasteiger partial charge in [0.1, 0.15) is 0 Å². The molecule has 7 heteroatoms. The summed E-state index contributed by atoms with van der Waals surface area (Å²) in [6, 6.07) is 6.33. The Morgan fingerprint density at radius 1 is 1.35 bits per heavy atom. The number of carbonyl (C=O) groups is 1. The van der Waals surface area contributed by atoms with E-state index in [1.54, 1.807) is 18.3 Å². The maximum Gasteiger partial charge on any atom is 0.274 e. The van der Waals surface area contributed by atoms with Crippen LogP contribution in [0.5, 0.6) is 0 Å². The molecule has 0 aliphatic heterocycles. The molecule has 0 saturated carbocycles. The Labute approximate surface area is 121 Å². The van der Waals surface area contributed by atoms with Crippen LogP contribution in [0.4, 0.5) is 0 Å². The molecule has 1 unspecified atom stereocenters. The topological polar surface area (TPSA) is 76.4 Å². The number of aryl methyl sites for hydroxylation is 1. The quantitative estimate of drug-likeness (QED) is 0.831. The predicted octanol–water partition coefficient (Wildman–Crippen LogP) is 2.37. The Kier molecular flexibility index (Phi) is 4.42. The standard InChI is InChI=1S/C13H15NO4S2/c1-9(7-12-5-3-10(2)19-12)14-20(16,17)13-6-4-11(8-15)18-13/h3-6,8-9,14H,7H2,1-2H3. The monoisotopic (exact) mass is 313 g/mol. The highest BCUT2D eigenvalue weighted by molar-refractivity contribution is 7.89. The zero-order valence-corrected chi connectivity index (χ0v) is 12.8. The highest BCUT2D eigenvalue weighted by Gasteiger charge is 2.21. The minimum atomic E-state index is -3.73. The summed E-state index contributed by atoms with van der Waals surface area (Å²) in [5.74, 6) is -0.00749. The normalized spacial score (nSPS) is 13.3. The van der Waals surface area contributed by atoms with Crippen LogP contribution < -0.4 is 4.72 Å². The number of hydrogen-bond donors (Lipinski definition) is 1. The minimum absolute atomic E-state index is 0.00749. The van der Waals surface area contributed by atoms with Gasteiger partial charge in [0.2, 0.25) is 5.09 Å². The summed E-state index contributed by atoms with van der Waals surface area (Å²) in [5, 5.41) is -0.242. The van der Waals surface area contributed by atoms with E-state index < -0.39 is 10.0 Å². The van der Waals surface area contributed by atoms with Gasteiger partial charge in [0.15, 0.2) is 12.0 Å². The smallest absolute Gasteiger partial charge is 0.274 e. The van der Waals surface area contributed by atoms with Gasteiger partial charge in [0.05, 0.1) is 0 Å². The SMILES string of the molecule is Cc1ccc(CC(C)NS(=O)(=O)c2ccc(C=O)o2)s1. The second kappa shape index (κ2) is 5.90. The van der Waals surface area contributed by atoms with Gasteiger partial charge in [-0.05, 0) is 44.5 Å². The van der Waals surface area contributed by atoms with Crippen LogP contribution >= 0.6 is 11.3 Å². The van der Waals surface area contributed by atoms with Gasteiger partial charge in [-0.15, -0.1) is 11.3 Å². The van der Waals surface area contributed by atoms with Gasteiger partial charge < -0.3 is 4.42 Å². The van der Waals surface area contributed by atoms with Gasteiger partial charge in [-0.1, -0.05) is 0 Å². The molecule has 108 valence electrons. The molecule has 0 amide bonds. The predicted molar refractivity (Wildman–Crippen MR) is 76.6 cm³/mol. The van der Waals surface area contributed by atoms with Crippen molar-refractivity contribution < 1.29 is 17.6 Å². The van der Waals surface area contributed by atoms with E-state index in [1.165, 1.54) is 17.0 Å². The first-order valence-corrected chi connectivity index (χ1v) is 8.33. The van der Waals surface area contributed by atoms with Crippen LogP contribution in [-0.4, -0.2) is 20.7 Å². The van der Waals surface area contributed by atoms with Crippen molar-refractivity contribution in [2.24, 2.45) is 0 Å². The number of sulfonamides is 1. The molecule has 0 fully saturated rings. The zero-order chi connectivity index (χ0) is 14.8. The number of carbonyl (C=O) groups excluding carboxylic acids is 1. The van der Waals surface area contributed by atoms with Crippen molar-refractivity contribution >= 4 is 27.6 Å². The Balaban J connectivity index is 2.05. The van der Waals surface area contributed by atoms with E-state index in [2.05, 4.69) is 4.72 Å². The second-order valence-electron chi connectivity index (χ2n) is 4.51. The summed E-state index contributed by atoms with van der Waals surface area (Å²) in [5.41, 5.74) is 0. The first-order valence-electron chi connectivity index (χ1n) is 6.03. The molecular weight excluding hydrogens is 298 g/mol. The lowest BCUT2D eigenvalue weighted by atomic mass is 10.2. The Hall–Kier alpha value is -1.44. The molecule has 2 rings (SSSR count). The largest absolute Gasteiger partial charge is 0.440 e. The van der Waals surface area contributed by atoms with Crippen LogP contribution in [0.15, 0.2) is 33.8 Å². The highest BCUT2D eigenvalue weighted by Crippen LogP contribution is 2.18. The zero-order valence-electron chi connectivity index (χ0n) is 11.1. The Bertz CT molecular complexity index is 700. The van der Waals surface area contributed by atoms with Crippen molar-refractivity contribution in [2.45, 2.75) is 31.4 Å². The van der Waals surface area contributed by atoms with Crippen molar-refractivity contribution in [3.63, 3.8) is 0 Å². The van der Waals surface area contributed by atoms with E-state index >= 15 is 0 Å². The average molecular weight is 313 g/mol. The summed E-state index contributed by atoms with van der Waals surface area (Å²) in [7, 11) is -3.73. The van der Waals surface area contributed by atoms with Crippen LogP contribution in [0.1, 0.15) is 27.2 Å². The number of nitrogens with one attached hydrogen (secondary N) is 1. The van der Waals surface area contributed by atoms with Gasteiger partial charge >= 0.3 is 0 Å². The maximum absolute atomic E-state index is 12.0. The third-order valence-corrected chi connectivity index (χ3v) is 5.13. The van der Waals surface area contributed by atoms with Crippen molar-refractivity contribution in [2.75, 3.05) is 0 Å². The molecule has 2 aromatic heterocycles. The second-order valence-corrected chi connectivity index (χ2v) is 7.53. The first kappa shape index (κ1) is 15.0. The molecule has 5 nitrogen and oxygen atoms in total. The third-order valence-electron chi connectivity index (χ3n) is 2.64. The Morgan fingerprint density at radius 3 is 2.65 bits per heavy atom. The fourth-order valence-corrected chi connectivity index (χ4v) is 4.00. The van der Waals surface area contributed by atoms with Gasteiger partial charge in [-0.2, -0.15) is 0 Å². The molecule has 20 heavy (non-hydrogen) atoms. The van der Waals surface area contributed by atoms with Gasteiger partial charge in [0, 0.05) is 15.8 Å². The molecule has 0 aliphatic carbocycles. The van der Waals surface area contributed by atoms with Gasteiger partial charge in [-0.25, -0.2) is 13.1 Å². The maximum atomic E-state index is 12.0. The molecule has 0 bridgehead atoms. The molecule has 2 heterocycles. The first-order chi connectivity index (χ1) is 9.40. The molecule has 0 radical (unpaired) electrons. The van der Waals surface area contributed by atoms with E-state index in [0.717, 1.165) is 4.88 Å². The van der Waals surface area contributed by atoms with Gasteiger partial charge in [0.25, 0.3) is 10.0 Å². The van der Waals surface area contributed by atoms with E-state index in [0.29, 0.717) is 12.7 Å². The lowest BCUT2D eigenvalue weighted by Crippen LogP contribution is -2.33. The summed E-state index contributed by atoms with van der Waals surface area (Å²) in [6.07, 6.45) is 1.08. The molecule has 0 aliphatic rings. The summed E-state index contributed by atoms with van der Waals surface area (Å²) in [6.45, 7) is 3.79. The summed E-state index contributed by atoms with van der Waals surface area (Å²) in [4.78, 5) is 12.8. The highest BCUT2D eigenvalue weighted by atomic mass is 32.2. The van der Waals surface area contributed by atoms with Crippen molar-refractivity contribution in [1.29, 1.82) is 0 Å². The van der Waals surface area contributed by atoms with Gasteiger partial charge in [-0.3, -0.25) is 4.79 Å². The van der Waals surface area contributed by atoms with E-state index in [-0.39, 0.29) is 16.9 Å². The summed E-state index contributed by atoms with van der Waals surface area (Å²) >= 11 is 1.64. The molecule has 0 saturated heterocycles. The van der Waals surface area contributed by atoms with E-state index in [9.17, 15) is 13.2 Å². The minimum Gasteiger partial charge on any atom is -0.440 e. The van der Waals surface area contributed by atoms with Crippen molar-refractivity contribution in [3.8, 4) is 0 Å².